The van der Waals surface area contributed by atoms with Crippen LogP contribution in [0.1, 0.15) is 56.1 Å². The molecule has 2 aliphatic rings. The number of rotatable bonds is 6. The fraction of sp³-hybridized carbons (Fsp3) is 0.550. The molecular weight excluding hydrogens is 316 g/mol. The van der Waals surface area contributed by atoms with E-state index in [0.29, 0.717) is 32.4 Å². The van der Waals surface area contributed by atoms with E-state index in [1.807, 2.05) is 19.1 Å². The second-order valence-corrected chi connectivity index (χ2v) is 7.21. The van der Waals surface area contributed by atoms with Gasteiger partial charge >= 0.3 is 0 Å². The first-order valence-corrected chi connectivity index (χ1v) is 9.21. The molecule has 0 bridgehead atoms. The van der Waals surface area contributed by atoms with E-state index in [1.165, 1.54) is 10.5 Å². The molecule has 1 aromatic carbocycles. The predicted molar refractivity (Wildman–Crippen MR) is 94.9 cm³/mol. The van der Waals surface area contributed by atoms with Gasteiger partial charge in [0.15, 0.2) is 0 Å². The van der Waals surface area contributed by atoms with Crippen LogP contribution in [0.4, 0.5) is 0 Å². The van der Waals surface area contributed by atoms with Crippen LogP contribution in [0.5, 0.6) is 0 Å². The van der Waals surface area contributed by atoms with Crippen LogP contribution in [-0.4, -0.2) is 35.7 Å². The molecule has 5 heteroatoms. The lowest BCUT2D eigenvalue weighted by atomic mass is 9.77. The number of nitrogens with one attached hydrogen (secondary N) is 1. The van der Waals surface area contributed by atoms with Crippen molar-refractivity contribution in [2.45, 2.75) is 57.3 Å². The zero-order valence-electron chi connectivity index (χ0n) is 14.8. The molecule has 0 radical (unpaired) electrons. The molecule has 3 rings (SSSR count). The maximum atomic E-state index is 12.9. The van der Waals surface area contributed by atoms with Crippen LogP contribution < -0.4 is 5.32 Å². The molecule has 1 saturated heterocycles. The van der Waals surface area contributed by atoms with E-state index in [1.54, 1.807) is 0 Å². The molecule has 1 saturated carbocycles. The van der Waals surface area contributed by atoms with Crippen LogP contribution >= 0.6 is 0 Å². The highest BCUT2D eigenvalue weighted by Crippen LogP contribution is 2.41. The Kier molecular flexibility index (Phi) is 5.21. The molecule has 25 heavy (non-hydrogen) atoms. The molecule has 1 aliphatic carbocycles. The average molecular weight is 342 g/mol. The first kappa shape index (κ1) is 17.6. The summed E-state index contributed by atoms with van der Waals surface area (Å²) in [6, 6.07) is 8.24. The summed E-state index contributed by atoms with van der Waals surface area (Å²) in [6.07, 6.45) is 5.14. The number of aryl methyl sites for hydroxylation is 1. The zero-order chi connectivity index (χ0) is 17.9. The van der Waals surface area contributed by atoms with Crippen molar-refractivity contribution in [1.29, 1.82) is 0 Å². The molecule has 1 aliphatic heterocycles. The van der Waals surface area contributed by atoms with Gasteiger partial charge in [-0.3, -0.25) is 19.3 Å². The molecule has 0 unspecified atom stereocenters. The zero-order valence-corrected chi connectivity index (χ0v) is 14.8. The standard InChI is InChI=1S/C20H26N2O3/c1-15-6-4-7-16(14-15)20(10-2-3-11-20)19(25)21-12-5-13-22-17(23)8-9-18(22)24/h4,6-7,14H,2-3,5,8-13H2,1H3,(H,21,25). The van der Waals surface area contributed by atoms with Gasteiger partial charge in [0.25, 0.3) is 0 Å². The number of carbonyl (C=O) groups is 3. The molecule has 0 spiro atoms. The lowest BCUT2D eigenvalue weighted by Gasteiger charge is -2.29. The van der Waals surface area contributed by atoms with Crippen molar-refractivity contribution in [1.82, 2.24) is 10.2 Å². The molecule has 1 heterocycles. The van der Waals surface area contributed by atoms with Gasteiger partial charge in [0.1, 0.15) is 0 Å². The highest BCUT2D eigenvalue weighted by molar-refractivity contribution is 6.01. The summed E-state index contributed by atoms with van der Waals surface area (Å²) >= 11 is 0. The quantitative estimate of drug-likeness (QED) is 0.638. The third-order valence-electron chi connectivity index (χ3n) is 5.46. The van der Waals surface area contributed by atoms with E-state index in [2.05, 4.69) is 17.4 Å². The normalized spacial score (nSPS) is 19.5. The number of amides is 3. The first-order chi connectivity index (χ1) is 12.0. The highest BCUT2D eigenvalue weighted by Gasteiger charge is 2.42. The summed E-state index contributed by atoms with van der Waals surface area (Å²) in [7, 11) is 0. The third-order valence-corrected chi connectivity index (χ3v) is 5.46. The fourth-order valence-corrected chi connectivity index (χ4v) is 4.05. The molecule has 3 amide bonds. The number of likely N-dealkylation sites (tertiary alicyclic amines) is 1. The van der Waals surface area contributed by atoms with E-state index in [-0.39, 0.29) is 17.7 Å². The van der Waals surface area contributed by atoms with Crippen LogP contribution in [0.2, 0.25) is 0 Å². The van der Waals surface area contributed by atoms with Crippen LogP contribution in [0.15, 0.2) is 24.3 Å². The molecule has 2 fully saturated rings. The first-order valence-electron chi connectivity index (χ1n) is 9.21. The Morgan fingerprint density at radius 1 is 1.16 bits per heavy atom. The number of carbonyl (C=O) groups excluding carboxylic acids is 3. The summed E-state index contributed by atoms with van der Waals surface area (Å²) in [5.41, 5.74) is 1.85. The van der Waals surface area contributed by atoms with Crippen molar-refractivity contribution in [3.05, 3.63) is 35.4 Å². The lowest BCUT2D eigenvalue weighted by Crippen LogP contribution is -2.43. The average Bonchev–Trinajstić information content (AvgIpc) is 3.21. The topological polar surface area (TPSA) is 66.5 Å². The van der Waals surface area contributed by atoms with E-state index >= 15 is 0 Å². The van der Waals surface area contributed by atoms with Crippen LogP contribution in [0.3, 0.4) is 0 Å². The SMILES string of the molecule is Cc1cccc(C2(C(=O)NCCCN3C(=O)CCC3=O)CCCC2)c1. The van der Waals surface area contributed by atoms with Crippen molar-refractivity contribution in [2.75, 3.05) is 13.1 Å². The van der Waals surface area contributed by atoms with Gasteiger partial charge in [-0.05, 0) is 31.7 Å². The van der Waals surface area contributed by atoms with Crippen molar-refractivity contribution in [3.8, 4) is 0 Å². The largest absolute Gasteiger partial charge is 0.355 e. The summed E-state index contributed by atoms with van der Waals surface area (Å²) in [4.78, 5) is 37.5. The molecule has 134 valence electrons. The van der Waals surface area contributed by atoms with Crippen molar-refractivity contribution >= 4 is 17.7 Å². The minimum Gasteiger partial charge on any atom is -0.355 e. The van der Waals surface area contributed by atoms with Crippen molar-refractivity contribution in [3.63, 3.8) is 0 Å². The van der Waals surface area contributed by atoms with Gasteiger partial charge in [0, 0.05) is 25.9 Å². The maximum Gasteiger partial charge on any atom is 0.230 e. The smallest absolute Gasteiger partial charge is 0.230 e. The van der Waals surface area contributed by atoms with Crippen LogP contribution in [-0.2, 0) is 19.8 Å². The van der Waals surface area contributed by atoms with Gasteiger partial charge in [-0.1, -0.05) is 42.7 Å². The van der Waals surface area contributed by atoms with Crippen molar-refractivity contribution < 1.29 is 14.4 Å². The molecular formula is C20H26N2O3. The Bertz CT molecular complexity index is 661. The van der Waals surface area contributed by atoms with Crippen LogP contribution in [0.25, 0.3) is 0 Å². The summed E-state index contributed by atoms with van der Waals surface area (Å²) < 4.78 is 0. The van der Waals surface area contributed by atoms with Gasteiger partial charge in [0.2, 0.25) is 17.7 Å². The lowest BCUT2D eigenvalue weighted by molar-refractivity contribution is -0.138. The Hall–Kier alpha value is -2.17. The number of hydrogen-bond donors (Lipinski definition) is 1. The minimum atomic E-state index is -0.425. The monoisotopic (exact) mass is 342 g/mol. The van der Waals surface area contributed by atoms with Crippen molar-refractivity contribution in [2.24, 2.45) is 0 Å². The summed E-state index contributed by atoms with van der Waals surface area (Å²) in [5.74, 6) is -0.110. The predicted octanol–water partition coefficient (Wildman–Crippen LogP) is 2.46. The molecule has 1 aromatic rings. The Balaban J connectivity index is 1.59. The molecule has 0 aromatic heterocycles. The molecule has 1 N–H and O–H groups in total. The molecule has 5 nitrogen and oxygen atoms in total. The number of benzene rings is 1. The number of imide groups is 1. The van der Waals surface area contributed by atoms with Crippen LogP contribution in [0, 0.1) is 6.92 Å². The van der Waals surface area contributed by atoms with Gasteiger partial charge in [-0.2, -0.15) is 0 Å². The van der Waals surface area contributed by atoms with Gasteiger partial charge < -0.3 is 5.32 Å². The van der Waals surface area contributed by atoms with Gasteiger partial charge in [-0.25, -0.2) is 0 Å². The Morgan fingerprint density at radius 3 is 2.48 bits per heavy atom. The van der Waals surface area contributed by atoms with E-state index in [4.69, 9.17) is 0 Å². The van der Waals surface area contributed by atoms with E-state index in [0.717, 1.165) is 31.2 Å². The second-order valence-electron chi connectivity index (χ2n) is 7.21. The van der Waals surface area contributed by atoms with Gasteiger partial charge in [-0.15, -0.1) is 0 Å². The van der Waals surface area contributed by atoms with E-state index in [9.17, 15) is 14.4 Å². The minimum absolute atomic E-state index is 0.0784. The number of nitrogens with zero attached hydrogens (tertiary/aromatic N) is 1. The fourth-order valence-electron chi connectivity index (χ4n) is 4.05. The highest BCUT2D eigenvalue weighted by atomic mass is 16.2. The summed E-state index contributed by atoms with van der Waals surface area (Å²) in [5, 5.41) is 3.05. The molecule has 0 atom stereocenters. The van der Waals surface area contributed by atoms with Gasteiger partial charge in [0.05, 0.1) is 5.41 Å². The summed E-state index contributed by atoms with van der Waals surface area (Å²) in [6.45, 7) is 2.94. The second kappa shape index (κ2) is 7.38. The third kappa shape index (κ3) is 3.60. The maximum absolute atomic E-state index is 12.9. The van der Waals surface area contributed by atoms with E-state index < -0.39 is 5.41 Å². The Labute approximate surface area is 148 Å². The number of hydrogen-bond acceptors (Lipinski definition) is 3. The Morgan fingerprint density at radius 2 is 1.84 bits per heavy atom.